The molecule has 0 bridgehead atoms. The van der Waals surface area contributed by atoms with Crippen LogP contribution in [0, 0.1) is 11.8 Å². The molecule has 2 aromatic carbocycles. The quantitative estimate of drug-likeness (QED) is 0.627. The summed E-state index contributed by atoms with van der Waals surface area (Å²) in [5.74, 6) is 4.11. The summed E-state index contributed by atoms with van der Waals surface area (Å²) in [6.07, 6.45) is 0.819. The Balaban J connectivity index is 2.07. The zero-order chi connectivity index (χ0) is 21.8. The monoisotopic (exact) mass is 445 g/mol. The Morgan fingerprint density at radius 1 is 1.23 bits per heavy atom. The normalized spacial score (nSPS) is 17.5. The first-order valence-corrected chi connectivity index (χ1v) is 10.1. The Labute approximate surface area is 184 Å². The van der Waals surface area contributed by atoms with Crippen molar-refractivity contribution in [2.45, 2.75) is 31.7 Å². The second-order valence-electron chi connectivity index (χ2n) is 6.98. The number of carboxylic acids is 1. The van der Waals surface area contributed by atoms with Crippen molar-refractivity contribution in [1.82, 2.24) is 5.43 Å². The number of halogens is 2. The maximum atomic E-state index is 12.0. The zero-order valence-electron chi connectivity index (χ0n) is 16.3. The van der Waals surface area contributed by atoms with Gasteiger partial charge >= 0.3 is 5.97 Å². The molecule has 0 radical (unpaired) electrons. The van der Waals surface area contributed by atoms with Crippen LogP contribution in [-0.2, 0) is 16.0 Å². The number of hydrogen-bond acceptors (Lipinski definition) is 4. The number of amides is 1. The van der Waals surface area contributed by atoms with Crippen molar-refractivity contribution in [2.75, 3.05) is 11.6 Å². The average molecular weight is 446 g/mol. The standard InChI is InChI=1S/C22H21Cl2N3O3/c1-13(28)26-27-19-11-16(23)10-18(24)21(19)17(12-20(27)22(29)30)15-7-5-14(6-8-15)4-2-3-9-25/h5-8,10-11,17,20H,4,9,12,25H2,1H3,(H,26,28)(H,29,30)/t17-,20-/m1/s1. The summed E-state index contributed by atoms with van der Waals surface area (Å²) in [5.41, 5.74) is 11.2. The molecule has 3 rings (SSSR count). The van der Waals surface area contributed by atoms with Gasteiger partial charge in [-0.1, -0.05) is 59.3 Å². The highest BCUT2D eigenvalue weighted by Gasteiger charge is 2.39. The number of nitrogens with zero attached hydrogens (tertiary/aromatic N) is 1. The minimum absolute atomic E-state index is 0.232. The number of nitrogens with one attached hydrogen (secondary N) is 1. The van der Waals surface area contributed by atoms with Crippen LogP contribution in [0.25, 0.3) is 0 Å². The van der Waals surface area contributed by atoms with Gasteiger partial charge in [0.05, 0.1) is 12.2 Å². The summed E-state index contributed by atoms with van der Waals surface area (Å²) in [7, 11) is 0. The number of fused-ring (bicyclic) bond motifs is 1. The van der Waals surface area contributed by atoms with Gasteiger partial charge in [-0.05, 0) is 29.7 Å². The second-order valence-corrected chi connectivity index (χ2v) is 7.82. The number of aliphatic carboxylic acids is 1. The fourth-order valence-corrected chi connectivity index (χ4v) is 4.27. The van der Waals surface area contributed by atoms with E-state index in [2.05, 4.69) is 17.3 Å². The number of hydrazine groups is 1. The predicted molar refractivity (Wildman–Crippen MR) is 118 cm³/mol. The molecule has 8 heteroatoms. The van der Waals surface area contributed by atoms with E-state index >= 15 is 0 Å². The van der Waals surface area contributed by atoms with Crippen LogP contribution >= 0.6 is 23.2 Å². The second kappa shape index (κ2) is 9.40. The van der Waals surface area contributed by atoms with E-state index in [4.69, 9.17) is 28.9 Å². The minimum atomic E-state index is -1.05. The lowest BCUT2D eigenvalue weighted by Gasteiger charge is -2.40. The van der Waals surface area contributed by atoms with Crippen LogP contribution in [0.1, 0.15) is 36.0 Å². The van der Waals surface area contributed by atoms with Crippen molar-refractivity contribution in [2.24, 2.45) is 5.73 Å². The highest BCUT2D eigenvalue weighted by molar-refractivity contribution is 6.35. The largest absolute Gasteiger partial charge is 0.480 e. The molecule has 2 aromatic rings. The third-order valence-electron chi connectivity index (χ3n) is 4.92. The average Bonchev–Trinajstić information content (AvgIpc) is 2.68. The lowest BCUT2D eigenvalue weighted by Crippen LogP contribution is -2.54. The number of carboxylic acid groups (broad SMARTS) is 1. The fraction of sp³-hybridized carbons (Fsp3) is 0.273. The van der Waals surface area contributed by atoms with Gasteiger partial charge in [-0.15, -0.1) is 0 Å². The van der Waals surface area contributed by atoms with Crippen LogP contribution in [0.5, 0.6) is 0 Å². The van der Waals surface area contributed by atoms with Crippen molar-refractivity contribution in [3.8, 4) is 11.8 Å². The first kappa shape index (κ1) is 22.0. The SMILES string of the molecule is CC(=O)NN1c2cc(Cl)cc(Cl)c2[C@@H](c2ccc(CC#CCN)cc2)C[C@@H]1C(=O)O. The molecule has 0 aromatic heterocycles. The highest BCUT2D eigenvalue weighted by Crippen LogP contribution is 2.46. The maximum Gasteiger partial charge on any atom is 0.328 e. The van der Waals surface area contributed by atoms with E-state index in [9.17, 15) is 14.7 Å². The van der Waals surface area contributed by atoms with Crippen LogP contribution in [0.15, 0.2) is 36.4 Å². The number of carbonyl (C=O) groups excluding carboxylic acids is 1. The smallest absolute Gasteiger partial charge is 0.328 e. The van der Waals surface area contributed by atoms with E-state index in [1.807, 2.05) is 24.3 Å². The van der Waals surface area contributed by atoms with Crippen LogP contribution < -0.4 is 16.2 Å². The summed E-state index contributed by atoms with van der Waals surface area (Å²) in [6, 6.07) is 10.1. The number of nitrogens with two attached hydrogens (primary N) is 1. The molecule has 156 valence electrons. The molecule has 0 unspecified atom stereocenters. The highest BCUT2D eigenvalue weighted by atomic mass is 35.5. The van der Waals surface area contributed by atoms with Crippen molar-refractivity contribution in [1.29, 1.82) is 0 Å². The Bertz CT molecular complexity index is 1030. The molecule has 0 fully saturated rings. The van der Waals surface area contributed by atoms with Gasteiger partial charge in [0, 0.05) is 34.9 Å². The number of hydrogen-bond donors (Lipinski definition) is 3. The summed E-state index contributed by atoms with van der Waals surface area (Å²) < 4.78 is 0. The number of rotatable bonds is 4. The molecule has 0 spiro atoms. The molecule has 30 heavy (non-hydrogen) atoms. The zero-order valence-corrected chi connectivity index (χ0v) is 17.8. The van der Waals surface area contributed by atoms with Crippen molar-refractivity contribution in [3.05, 3.63) is 63.1 Å². The van der Waals surface area contributed by atoms with Crippen LogP contribution in [0.4, 0.5) is 5.69 Å². The third-order valence-corrected chi connectivity index (χ3v) is 5.45. The van der Waals surface area contributed by atoms with Gasteiger partial charge in [0.2, 0.25) is 5.91 Å². The van der Waals surface area contributed by atoms with E-state index < -0.39 is 12.0 Å². The van der Waals surface area contributed by atoms with E-state index in [-0.39, 0.29) is 18.2 Å². The molecule has 6 nitrogen and oxygen atoms in total. The molecule has 4 N–H and O–H groups in total. The number of benzene rings is 2. The van der Waals surface area contributed by atoms with Crippen LogP contribution in [-0.4, -0.2) is 29.6 Å². The molecule has 1 amide bonds. The molecule has 0 aliphatic carbocycles. The van der Waals surface area contributed by atoms with E-state index in [0.29, 0.717) is 28.7 Å². The number of carbonyl (C=O) groups is 2. The molecule has 0 saturated carbocycles. The summed E-state index contributed by atoms with van der Waals surface area (Å²) in [6.45, 7) is 1.64. The van der Waals surface area contributed by atoms with E-state index in [0.717, 1.165) is 16.7 Å². The maximum absolute atomic E-state index is 12.0. The Hall–Kier alpha value is -2.72. The van der Waals surface area contributed by atoms with Crippen molar-refractivity contribution in [3.63, 3.8) is 0 Å². The van der Waals surface area contributed by atoms with Gasteiger partial charge in [-0.25, -0.2) is 4.79 Å². The van der Waals surface area contributed by atoms with Gasteiger partial charge < -0.3 is 10.8 Å². The molecule has 1 aliphatic rings. The van der Waals surface area contributed by atoms with Gasteiger partial charge in [-0.3, -0.25) is 15.2 Å². The molecule has 2 atom stereocenters. The summed E-state index contributed by atoms with van der Waals surface area (Å²) in [5, 5.41) is 11.9. The lowest BCUT2D eigenvalue weighted by molar-refractivity contribution is -0.139. The third kappa shape index (κ3) is 4.71. The van der Waals surface area contributed by atoms with E-state index in [1.54, 1.807) is 12.1 Å². The summed E-state index contributed by atoms with van der Waals surface area (Å²) >= 11 is 12.7. The molecule has 1 heterocycles. The molecule has 0 saturated heterocycles. The predicted octanol–water partition coefficient (Wildman–Crippen LogP) is 3.34. The first-order valence-electron chi connectivity index (χ1n) is 9.34. The van der Waals surface area contributed by atoms with Crippen molar-refractivity contribution >= 4 is 40.8 Å². The fourth-order valence-electron chi connectivity index (χ4n) is 3.66. The van der Waals surface area contributed by atoms with Gasteiger partial charge in [0.25, 0.3) is 0 Å². The van der Waals surface area contributed by atoms with Gasteiger partial charge in [-0.2, -0.15) is 0 Å². The Morgan fingerprint density at radius 2 is 1.93 bits per heavy atom. The van der Waals surface area contributed by atoms with Gasteiger partial charge in [0.15, 0.2) is 0 Å². The molecule has 1 aliphatic heterocycles. The van der Waals surface area contributed by atoms with Crippen LogP contribution in [0.3, 0.4) is 0 Å². The Morgan fingerprint density at radius 3 is 2.53 bits per heavy atom. The summed E-state index contributed by atoms with van der Waals surface area (Å²) in [4.78, 5) is 23.7. The van der Waals surface area contributed by atoms with Crippen molar-refractivity contribution < 1.29 is 14.7 Å². The minimum Gasteiger partial charge on any atom is -0.480 e. The first-order chi connectivity index (χ1) is 14.3. The van der Waals surface area contributed by atoms with Gasteiger partial charge in [0.1, 0.15) is 6.04 Å². The molecular formula is C22H21Cl2N3O3. The molecular weight excluding hydrogens is 425 g/mol. The number of anilines is 1. The lowest BCUT2D eigenvalue weighted by atomic mass is 9.81. The van der Waals surface area contributed by atoms with Crippen LogP contribution in [0.2, 0.25) is 10.0 Å². The Kier molecular flexibility index (Phi) is 6.88. The topological polar surface area (TPSA) is 95.7 Å². The van der Waals surface area contributed by atoms with E-state index in [1.165, 1.54) is 11.9 Å².